The third-order valence-corrected chi connectivity index (χ3v) is 6.04. The molecule has 1 amide bonds. The number of methoxy groups -OCH3 is 2. The molecule has 0 aliphatic rings. The molecule has 3 aromatic rings. The number of nitrogens with zero attached hydrogens (tertiary/aromatic N) is 1. The molecule has 0 spiro atoms. The van der Waals surface area contributed by atoms with E-state index in [1.807, 2.05) is 42.5 Å². The van der Waals surface area contributed by atoms with Crippen LogP contribution in [0.1, 0.15) is 11.1 Å². The maximum Gasteiger partial charge on any atom is 0.255 e. The Morgan fingerprint density at radius 3 is 2.35 bits per heavy atom. The fourth-order valence-corrected chi connectivity index (χ4v) is 3.89. The Morgan fingerprint density at radius 2 is 1.62 bits per heavy atom. The summed E-state index contributed by atoms with van der Waals surface area (Å²) < 4.78 is 43.3. The molecule has 0 aliphatic heterocycles. The number of para-hydroxylation sites is 1. The molecule has 0 fully saturated rings. The fraction of sp³-hybridized carbons (Fsp3) is 0.167. The van der Waals surface area contributed by atoms with Gasteiger partial charge in [-0.3, -0.25) is 4.79 Å². The Morgan fingerprint density at radius 1 is 0.912 bits per heavy atom. The van der Waals surface area contributed by atoms with E-state index >= 15 is 0 Å². The van der Waals surface area contributed by atoms with Crippen molar-refractivity contribution in [3.8, 4) is 17.2 Å². The van der Waals surface area contributed by atoms with Crippen molar-refractivity contribution < 1.29 is 27.4 Å². The molecule has 10 heteroatoms. The van der Waals surface area contributed by atoms with Crippen molar-refractivity contribution in [2.75, 3.05) is 20.8 Å². The summed E-state index contributed by atoms with van der Waals surface area (Å²) in [4.78, 5) is 12.0. The van der Waals surface area contributed by atoms with E-state index in [2.05, 4.69) is 15.2 Å². The predicted molar refractivity (Wildman–Crippen MR) is 128 cm³/mol. The molecule has 0 bridgehead atoms. The van der Waals surface area contributed by atoms with Crippen LogP contribution in [0.3, 0.4) is 0 Å². The molecular formula is C24H25N3O6S. The van der Waals surface area contributed by atoms with Crippen LogP contribution in [0, 0.1) is 0 Å². The minimum atomic E-state index is -3.95. The van der Waals surface area contributed by atoms with Crippen molar-refractivity contribution in [3.63, 3.8) is 0 Å². The van der Waals surface area contributed by atoms with E-state index in [0.29, 0.717) is 23.7 Å². The van der Waals surface area contributed by atoms with Crippen molar-refractivity contribution in [1.82, 2.24) is 10.1 Å². The number of ether oxygens (including phenoxy) is 3. The molecule has 0 saturated carbocycles. The standard InChI is InChI=1S/C24H25N3O6S/c1-31-22-13-12-20(14-23(22)32-2)34(29,30)26-16-24(28)27-25-15-19-10-6-7-11-21(19)33-17-18-8-4-3-5-9-18/h3-15,26H,16-17H2,1-2H3,(H,27,28)/b25-15-. The van der Waals surface area contributed by atoms with Crippen molar-refractivity contribution in [2.24, 2.45) is 5.10 Å². The molecule has 0 aromatic heterocycles. The van der Waals surface area contributed by atoms with Gasteiger partial charge in [0.2, 0.25) is 10.0 Å². The molecule has 0 unspecified atom stereocenters. The van der Waals surface area contributed by atoms with Crippen LogP contribution in [-0.2, 0) is 21.4 Å². The molecular weight excluding hydrogens is 458 g/mol. The van der Waals surface area contributed by atoms with Crippen molar-refractivity contribution >= 4 is 22.1 Å². The summed E-state index contributed by atoms with van der Waals surface area (Å²) in [7, 11) is -1.10. The highest BCUT2D eigenvalue weighted by molar-refractivity contribution is 7.89. The van der Waals surface area contributed by atoms with Gasteiger partial charge in [-0.25, -0.2) is 18.6 Å². The zero-order valence-corrected chi connectivity index (χ0v) is 19.5. The van der Waals surface area contributed by atoms with E-state index < -0.39 is 22.5 Å². The number of amides is 1. The summed E-state index contributed by atoms with van der Waals surface area (Å²) >= 11 is 0. The number of carbonyl (C=O) groups is 1. The van der Waals surface area contributed by atoms with Gasteiger partial charge in [-0.1, -0.05) is 42.5 Å². The van der Waals surface area contributed by atoms with Gasteiger partial charge < -0.3 is 14.2 Å². The number of nitrogens with one attached hydrogen (secondary N) is 2. The van der Waals surface area contributed by atoms with Gasteiger partial charge in [0.15, 0.2) is 11.5 Å². The van der Waals surface area contributed by atoms with E-state index in [0.717, 1.165) is 5.56 Å². The molecule has 0 atom stereocenters. The zero-order chi connectivity index (χ0) is 24.4. The lowest BCUT2D eigenvalue weighted by Crippen LogP contribution is -2.34. The Balaban J connectivity index is 1.55. The average molecular weight is 484 g/mol. The van der Waals surface area contributed by atoms with Gasteiger partial charge in [-0.2, -0.15) is 5.10 Å². The van der Waals surface area contributed by atoms with Gasteiger partial charge in [0, 0.05) is 11.6 Å². The fourth-order valence-electron chi connectivity index (χ4n) is 2.89. The Kier molecular flexibility index (Phi) is 8.60. The summed E-state index contributed by atoms with van der Waals surface area (Å²) in [6.45, 7) is -0.115. The van der Waals surface area contributed by atoms with E-state index in [9.17, 15) is 13.2 Å². The van der Waals surface area contributed by atoms with Crippen LogP contribution in [0.2, 0.25) is 0 Å². The minimum Gasteiger partial charge on any atom is -0.493 e. The molecule has 3 rings (SSSR count). The smallest absolute Gasteiger partial charge is 0.255 e. The molecule has 9 nitrogen and oxygen atoms in total. The van der Waals surface area contributed by atoms with Crippen LogP contribution in [0.25, 0.3) is 0 Å². The summed E-state index contributed by atoms with van der Waals surface area (Å²) in [6.07, 6.45) is 1.43. The van der Waals surface area contributed by atoms with E-state index in [4.69, 9.17) is 14.2 Å². The predicted octanol–water partition coefficient (Wildman–Crippen LogP) is 2.71. The first-order chi connectivity index (χ1) is 16.4. The molecule has 178 valence electrons. The number of sulfonamides is 1. The van der Waals surface area contributed by atoms with Gasteiger partial charge in [-0.05, 0) is 29.8 Å². The van der Waals surface area contributed by atoms with E-state index in [1.165, 1.54) is 38.6 Å². The highest BCUT2D eigenvalue weighted by Crippen LogP contribution is 2.29. The SMILES string of the molecule is COc1ccc(S(=O)(=O)NCC(=O)N/N=C\c2ccccc2OCc2ccccc2)cc1OC. The Labute approximate surface area is 198 Å². The molecule has 3 aromatic carbocycles. The molecule has 0 aliphatic carbocycles. The van der Waals surface area contributed by atoms with Gasteiger partial charge in [0.25, 0.3) is 5.91 Å². The summed E-state index contributed by atoms with van der Waals surface area (Å²) in [6, 6.07) is 21.1. The second-order valence-corrected chi connectivity index (χ2v) is 8.71. The van der Waals surface area contributed by atoms with Gasteiger partial charge >= 0.3 is 0 Å². The van der Waals surface area contributed by atoms with Crippen LogP contribution in [0.5, 0.6) is 17.2 Å². The summed E-state index contributed by atoms with van der Waals surface area (Å²) in [5, 5.41) is 3.90. The van der Waals surface area contributed by atoms with Crippen molar-refractivity contribution in [3.05, 3.63) is 83.9 Å². The third-order valence-electron chi connectivity index (χ3n) is 4.64. The molecule has 0 radical (unpaired) electrons. The molecule has 0 heterocycles. The van der Waals surface area contributed by atoms with Crippen LogP contribution in [-0.4, -0.2) is 41.3 Å². The second kappa shape index (κ2) is 11.8. The lowest BCUT2D eigenvalue weighted by Gasteiger charge is -2.10. The first-order valence-electron chi connectivity index (χ1n) is 10.2. The van der Waals surface area contributed by atoms with E-state index in [-0.39, 0.29) is 10.6 Å². The maximum atomic E-state index is 12.5. The number of hydrazone groups is 1. The lowest BCUT2D eigenvalue weighted by atomic mass is 10.2. The lowest BCUT2D eigenvalue weighted by molar-refractivity contribution is -0.119. The number of hydrogen-bond acceptors (Lipinski definition) is 7. The molecule has 2 N–H and O–H groups in total. The van der Waals surface area contributed by atoms with Crippen molar-refractivity contribution in [1.29, 1.82) is 0 Å². The number of benzene rings is 3. The summed E-state index contributed by atoms with van der Waals surface area (Å²) in [5.41, 5.74) is 3.98. The van der Waals surface area contributed by atoms with Crippen LogP contribution < -0.4 is 24.4 Å². The molecule has 34 heavy (non-hydrogen) atoms. The van der Waals surface area contributed by atoms with Gasteiger partial charge in [0.05, 0.1) is 31.9 Å². The monoisotopic (exact) mass is 483 g/mol. The van der Waals surface area contributed by atoms with Crippen LogP contribution in [0.15, 0.2) is 82.8 Å². The highest BCUT2D eigenvalue weighted by Gasteiger charge is 2.18. The second-order valence-electron chi connectivity index (χ2n) is 6.95. The topological polar surface area (TPSA) is 115 Å². The largest absolute Gasteiger partial charge is 0.493 e. The zero-order valence-electron chi connectivity index (χ0n) is 18.7. The van der Waals surface area contributed by atoms with Crippen molar-refractivity contribution in [2.45, 2.75) is 11.5 Å². The van der Waals surface area contributed by atoms with E-state index in [1.54, 1.807) is 12.1 Å². The first-order valence-corrected chi connectivity index (χ1v) is 11.7. The number of rotatable bonds is 11. The number of hydrogen-bond donors (Lipinski definition) is 2. The van der Waals surface area contributed by atoms with Gasteiger partial charge in [-0.15, -0.1) is 0 Å². The van der Waals surface area contributed by atoms with Gasteiger partial charge in [0.1, 0.15) is 12.4 Å². The Hall–Kier alpha value is -3.89. The minimum absolute atomic E-state index is 0.0639. The highest BCUT2D eigenvalue weighted by atomic mass is 32.2. The summed E-state index contributed by atoms with van der Waals surface area (Å²) in [5.74, 6) is 0.607. The Bertz CT molecular complexity index is 1250. The third kappa shape index (κ3) is 6.80. The quantitative estimate of drug-likeness (QED) is 0.320. The average Bonchev–Trinajstić information content (AvgIpc) is 2.87. The first kappa shape index (κ1) is 24.7. The maximum absolute atomic E-state index is 12.5. The van der Waals surface area contributed by atoms with Crippen LogP contribution in [0.4, 0.5) is 0 Å². The van der Waals surface area contributed by atoms with Crippen LogP contribution >= 0.6 is 0 Å². The molecule has 0 saturated heterocycles. The normalized spacial score (nSPS) is 11.2. The number of carbonyl (C=O) groups excluding carboxylic acids is 1.